The van der Waals surface area contributed by atoms with Crippen molar-refractivity contribution >= 4 is 23.5 Å². The summed E-state index contributed by atoms with van der Waals surface area (Å²) in [5, 5.41) is 8.89. The van der Waals surface area contributed by atoms with Crippen molar-refractivity contribution in [1.29, 1.82) is 0 Å². The summed E-state index contributed by atoms with van der Waals surface area (Å²) < 4.78 is 0. The highest BCUT2D eigenvalue weighted by atomic mass is 17.1. The van der Waals surface area contributed by atoms with Gasteiger partial charge in [-0.15, -0.1) is 0 Å². The van der Waals surface area contributed by atoms with Crippen LogP contribution in [0.4, 0.5) is 5.69 Å². The number of nitrogen functional groups attached to an aromatic ring is 1. The molecule has 0 aromatic heterocycles. The molecule has 2 aromatic carbocycles. The van der Waals surface area contributed by atoms with E-state index in [0.29, 0.717) is 28.8 Å². The number of carbonyl (C=O) groups excluding carboxylic acids is 2. The molecule has 1 aliphatic carbocycles. The number of ketones is 1. The Morgan fingerprint density at radius 3 is 2.32 bits per heavy atom. The maximum Gasteiger partial charge on any atom is 0.373 e. The molecule has 34 heavy (non-hydrogen) atoms. The molecule has 0 bridgehead atoms. The van der Waals surface area contributed by atoms with Gasteiger partial charge in [-0.3, -0.25) is 9.68 Å². The number of hydrogen-bond acceptors (Lipinski definition) is 5. The number of carbonyl (C=O) groups is 2. The summed E-state index contributed by atoms with van der Waals surface area (Å²) in [5.74, 6) is -0.717. The van der Waals surface area contributed by atoms with Crippen molar-refractivity contribution in [2.75, 3.05) is 5.73 Å². The van der Waals surface area contributed by atoms with Crippen LogP contribution in [-0.4, -0.2) is 17.0 Å². The highest BCUT2D eigenvalue weighted by molar-refractivity contribution is 6.12. The SMILES string of the molecule is CCC1=C(C(=O)c2ccc(C(=O)OO)c(C(C)(C)C)c2)C=CC(CC)C1=Cc1ccc(N)cc1. The fraction of sp³-hybridized carbons (Fsp3) is 0.310. The fourth-order valence-electron chi connectivity index (χ4n) is 4.41. The molecule has 3 N–H and O–H groups in total. The van der Waals surface area contributed by atoms with E-state index < -0.39 is 11.4 Å². The molecule has 0 saturated carbocycles. The molecule has 178 valence electrons. The molecule has 0 spiro atoms. The van der Waals surface area contributed by atoms with E-state index >= 15 is 0 Å². The number of benzene rings is 2. The Morgan fingerprint density at radius 2 is 1.76 bits per heavy atom. The lowest BCUT2D eigenvalue weighted by molar-refractivity contribution is -0.182. The minimum Gasteiger partial charge on any atom is -0.399 e. The van der Waals surface area contributed by atoms with Crippen molar-refractivity contribution in [3.8, 4) is 0 Å². The van der Waals surface area contributed by atoms with Crippen molar-refractivity contribution in [3.63, 3.8) is 0 Å². The van der Waals surface area contributed by atoms with Crippen molar-refractivity contribution in [3.05, 3.63) is 93.6 Å². The van der Waals surface area contributed by atoms with Crippen LogP contribution in [0.1, 0.15) is 79.3 Å². The summed E-state index contributed by atoms with van der Waals surface area (Å²) in [6.07, 6.45) is 7.81. The molecule has 3 rings (SSSR count). The molecule has 2 aromatic rings. The number of Topliss-reactive ketones (excluding diaryl/α,β-unsaturated/α-hetero) is 1. The molecule has 0 saturated heterocycles. The number of nitrogens with two attached hydrogens (primary N) is 1. The van der Waals surface area contributed by atoms with Gasteiger partial charge in [0.25, 0.3) is 0 Å². The standard InChI is InChI=1S/C29H33NO4/c1-6-19-10-14-23(22(7-2)25(19)16-18-8-12-21(30)13-9-18)27(31)20-11-15-24(28(32)34-33)26(17-20)29(3,4)5/h8-17,19,33H,6-7,30H2,1-5H3. The van der Waals surface area contributed by atoms with Crippen molar-refractivity contribution in [2.24, 2.45) is 5.92 Å². The monoisotopic (exact) mass is 459 g/mol. The van der Waals surface area contributed by atoms with E-state index in [0.717, 1.165) is 23.1 Å². The third kappa shape index (κ3) is 5.20. The van der Waals surface area contributed by atoms with E-state index in [1.54, 1.807) is 18.2 Å². The summed E-state index contributed by atoms with van der Waals surface area (Å²) in [4.78, 5) is 29.8. The van der Waals surface area contributed by atoms with Crippen LogP contribution in [0, 0.1) is 5.92 Å². The van der Waals surface area contributed by atoms with E-state index in [4.69, 9.17) is 11.0 Å². The Bertz CT molecular complexity index is 1180. The lowest BCUT2D eigenvalue weighted by Crippen LogP contribution is -2.20. The van der Waals surface area contributed by atoms with Crippen molar-refractivity contribution in [2.45, 2.75) is 52.9 Å². The highest BCUT2D eigenvalue weighted by Crippen LogP contribution is 2.37. The molecule has 5 heteroatoms. The van der Waals surface area contributed by atoms with Crippen molar-refractivity contribution < 1.29 is 19.7 Å². The molecule has 5 nitrogen and oxygen atoms in total. The van der Waals surface area contributed by atoms with Crippen LogP contribution in [0.5, 0.6) is 0 Å². The average Bonchev–Trinajstić information content (AvgIpc) is 2.83. The molecule has 1 aliphatic rings. The van der Waals surface area contributed by atoms with Gasteiger partial charge in [-0.1, -0.05) is 71.0 Å². The second kappa shape index (κ2) is 10.2. The number of allylic oxidation sites excluding steroid dienone is 5. The zero-order valence-electron chi connectivity index (χ0n) is 20.5. The minimum absolute atomic E-state index is 0.0970. The normalized spacial score (nSPS) is 17.2. The van der Waals surface area contributed by atoms with Gasteiger partial charge in [-0.25, -0.2) is 4.79 Å². The van der Waals surface area contributed by atoms with Gasteiger partial charge in [-0.2, -0.15) is 5.26 Å². The maximum atomic E-state index is 13.7. The van der Waals surface area contributed by atoms with E-state index in [1.165, 1.54) is 0 Å². The first kappa shape index (κ1) is 25.2. The molecule has 1 atom stereocenters. The lowest BCUT2D eigenvalue weighted by atomic mass is 9.78. The largest absolute Gasteiger partial charge is 0.399 e. The van der Waals surface area contributed by atoms with Gasteiger partial charge in [0.15, 0.2) is 5.78 Å². The average molecular weight is 460 g/mol. The predicted molar refractivity (Wildman–Crippen MR) is 137 cm³/mol. The van der Waals surface area contributed by atoms with Crippen LogP contribution in [0.3, 0.4) is 0 Å². The molecule has 0 aliphatic heterocycles. The fourth-order valence-corrected chi connectivity index (χ4v) is 4.41. The maximum absolute atomic E-state index is 13.7. The first-order valence-electron chi connectivity index (χ1n) is 11.6. The second-order valence-corrected chi connectivity index (χ2v) is 9.60. The number of hydrogen-bond donors (Lipinski definition) is 2. The predicted octanol–water partition coefficient (Wildman–Crippen LogP) is 6.77. The van der Waals surface area contributed by atoms with Gasteiger partial charge in [0.05, 0.1) is 5.56 Å². The van der Waals surface area contributed by atoms with E-state index in [9.17, 15) is 9.59 Å². The molecule has 0 heterocycles. The summed E-state index contributed by atoms with van der Waals surface area (Å²) in [6.45, 7) is 10.0. The topological polar surface area (TPSA) is 89.6 Å². The van der Waals surface area contributed by atoms with E-state index in [-0.39, 0.29) is 17.3 Å². The van der Waals surface area contributed by atoms with Crippen LogP contribution in [0.2, 0.25) is 0 Å². The van der Waals surface area contributed by atoms with E-state index in [2.05, 4.69) is 30.9 Å². The van der Waals surface area contributed by atoms with Crippen LogP contribution < -0.4 is 5.73 Å². The Morgan fingerprint density at radius 1 is 1.09 bits per heavy atom. The van der Waals surface area contributed by atoms with E-state index in [1.807, 2.05) is 51.1 Å². The molecule has 0 fully saturated rings. The van der Waals surface area contributed by atoms with Crippen molar-refractivity contribution in [1.82, 2.24) is 0 Å². The molecular weight excluding hydrogens is 426 g/mol. The zero-order valence-corrected chi connectivity index (χ0v) is 20.5. The van der Waals surface area contributed by atoms with Gasteiger partial charge in [0.2, 0.25) is 0 Å². The van der Waals surface area contributed by atoms with Gasteiger partial charge in [0, 0.05) is 22.7 Å². The third-order valence-corrected chi connectivity index (χ3v) is 6.26. The lowest BCUT2D eigenvalue weighted by Gasteiger charge is -2.26. The van der Waals surface area contributed by atoms with Crippen LogP contribution in [0.25, 0.3) is 6.08 Å². The quantitative estimate of drug-likeness (QED) is 0.215. The van der Waals surface area contributed by atoms with Gasteiger partial charge in [-0.05, 0) is 64.8 Å². The van der Waals surface area contributed by atoms with Gasteiger partial charge >= 0.3 is 5.97 Å². The summed E-state index contributed by atoms with van der Waals surface area (Å²) >= 11 is 0. The Labute approximate surface area is 201 Å². The van der Waals surface area contributed by atoms with Crippen LogP contribution in [-0.2, 0) is 10.3 Å². The van der Waals surface area contributed by atoms with Crippen LogP contribution in [0.15, 0.2) is 71.3 Å². The summed E-state index contributed by atoms with van der Waals surface area (Å²) in [6, 6.07) is 12.6. The number of anilines is 1. The molecule has 0 radical (unpaired) electrons. The molecular formula is C29H33NO4. The first-order valence-corrected chi connectivity index (χ1v) is 11.6. The molecule has 1 unspecified atom stereocenters. The first-order chi connectivity index (χ1) is 16.1. The summed E-state index contributed by atoms with van der Waals surface area (Å²) in [7, 11) is 0. The zero-order chi connectivity index (χ0) is 25.0. The van der Waals surface area contributed by atoms with Gasteiger partial charge < -0.3 is 5.73 Å². The third-order valence-electron chi connectivity index (χ3n) is 6.26. The molecule has 0 amide bonds. The summed E-state index contributed by atoms with van der Waals surface area (Å²) in [5.41, 5.74) is 11.4. The van der Waals surface area contributed by atoms with Gasteiger partial charge in [0.1, 0.15) is 0 Å². The highest BCUT2D eigenvalue weighted by Gasteiger charge is 2.28. The minimum atomic E-state index is -0.838. The Kier molecular flexibility index (Phi) is 7.57. The van der Waals surface area contributed by atoms with Crippen LogP contribution >= 0.6 is 0 Å². The smallest absolute Gasteiger partial charge is 0.373 e. The Hall–Kier alpha value is -3.44. The Balaban J connectivity index is 2.12. The number of rotatable bonds is 6. The second-order valence-electron chi connectivity index (χ2n) is 9.60.